The molecule has 3 heteroatoms. The second-order valence-corrected chi connectivity index (χ2v) is 3.57. The molecule has 1 aliphatic carbocycles. The summed E-state index contributed by atoms with van der Waals surface area (Å²) in [6.07, 6.45) is 3.21. The second-order valence-electron chi connectivity index (χ2n) is 3.57. The van der Waals surface area contributed by atoms with Gasteiger partial charge in [0, 0.05) is 25.6 Å². The fourth-order valence-electron chi connectivity index (χ4n) is 1.55. The summed E-state index contributed by atoms with van der Waals surface area (Å²) in [6, 6.07) is 0. The van der Waals surface area contributed by atoms with E-state index in [1.165, 1.54) is 0 Å². The first-order chi connectivity index (χ1) is 5.88. The molecule has 0 aromatic carbocycles. The standard InChI is InChI=1S/C9H15NO2/c11-9(8-2-3-8)10-4-1-6-12-7-5-10/h8H,1-7H2. The summed E-state index contributed by atoms with van der Waals surface area (Å²) in [4.78, 5) is 13.5. The van der Waals surface area contributed by atoms with Gasteiger partial charge in [0.2, 0.25) is 5.91 Å². The van der Waals surface area contributed by atoms with E-state index in [4.69, 9.17) is 4.74 Å². The number of rotatable bonds is 1. The molecule has 1 heterocycles. The lowest BCUT2D eigenvalue weighted by molar-refractivity contribution is -0.132. The van der Waals surface area contributed by atoms with Crippen LogP contribution in [0.5, 0.6) is 0 Å². The molecule has 1 aliphatic heterocycles. The maximum Gasteiger partial charge on any atom is 0.225 e. The first kappa shape index (κ1) is 8.05. The van der Waals surface area contributed by atoms with E-state index >= 15 is 0 Å². The molecule has 68 valence electrons. The van der Waals surface area contributed by atoms with Gasteiger partial charge in [-0.2, -0.15) is 0 Å². The largest absolute Gasteiger partial charge is 0.380 e. The molecule has 2 rings (SSSR count). The summed E-state index contributed by atoms with van der Waals surface area (Å²) in [6.45, 7) is 3.23. The number of carbonyl (C=O) groups is 1. The van der Waals surface area contributed by atoms with Crippen LogP contribution in [0, 0.1) is 5.92 Å². The van der Waals surface area contributed by atoms with Crippen molar-refractivity contribution in [3.05, 3.63) is 0 Å². The van der Waals surface area contributed by atoms with Gasteiger partial charge in [-0.3, -0.25) is 4.79 Å². The minimum atomic E-state index is 0.362. The average Bonchev–Trinajstić information content (AvgIpc) is 2.92. The zero-order chi connectivity index (χ0) is 8.39. The lowest BCUT2D eigenvalue weighted by Crippen LogP contribution is -2.34. The molecule has 3 nitrogen and oxygen atoms in total. The van der Waals surface area contributed by atoms with Gasteiger partial charge in [-0.25, -0.2) is 0 Å². The molecule has 0 N–H and O–H groups in total. The van der Waals surface area contributed by atoms with Gasteiger partial charge in [0.1, 0.15) is 0 Å². The third kappa shape index (κ3) is 1.78. The summed E-state index contributed by atoms with van der Waals surface area (Å²) in [5.41, 5.74) is 0. The van der Waals surface area contributed by atoms with Crippen LogP contribution in [0.15, 0.2) is 0 Å². The molecule has 2 fully saturated rings. The van der Waals surface area contributed by atoms with E-state index in [1.54, 1.807) is 0 Å². The molecular weight excluding hydrogens is 154 g/mol. The van der Waals surface area contributed by atoms with Crippen LogP contribution in [0.4, 0.5) is 0 Å². The van der Waals surface area contributed by atoms with Crippen molar-refractivity contribution >= 4 is 5.91 Å². The maximum absolute atomic E-state index is 11.6. The van der Waals surface area contributed by atoms with Crippen molar-refractivity contribution in [1.82, 2.24) is 4.90 Å². The molecule has 1 amide bonds. The third-order valence-corrected chi connectivity index (χ3v) is 2.46. The van der Waals surface area contributed by atoms with Gasteiger partial charge in [0.15, 0.2) is 0 Å². The molecule has 12 heavy (non-hydrogen) atoms. The highest BCUT2D eigenvalue weighted by Crippen LogP contribution is 2.31. The van der Waals surface area contributed by atoms with Crippen LogP contribution < -0.4 is 0 Å². The molecule has 0 radical (unpaired) electrons. The molecule has 0 bridgehead atoms. The van der Waals surface area contributed by atoms with Gasteiger partial charge >= 0.3 is 0 Å². The van der Waals surface area contributed by atoms with Crippen molar-refractivity contribution in [3.8, 4) is 0 Å². The predicted octanol–water partition coefficient (Wildman–Crippen LogP) is 0.645. The molecule has 0 aromatic rings. The number of nitrogens with zero attached hydrogens (tertiary/aromatic N) is 1. The van der Waals surface area contributed by atoms with Gasteiger partial charge < -0.3 is 9.64 Å². The normalized spacial score (nSPS) is 25.2. The number of carbonyl (C=O) groups excluding carboxylic acids is 1. The Hall–Kier alpha value is -0.570. The maximum atomic E-state index is 11.6. The SMILES string of the molecule is O=C(C1CC1)N1CCCOCC1. The van der Waals surface area contributed by atoms with Crippen LogP contribution in [0.2, 0.25) is 0 Å². The van der Waals surface area contributed by atoms with E-state index < -0.39 is 0 Å². The minimum Gasteiger partial charge on any atom is -0.380 e. The van der Waals surface area contributed by atoms with Crippen LogP contribution in [0.1, 0.15) is 19.3 Å². The molecule has 1 saturated carbocycles. The highest BCUT2D eigenvalue weighted by molar-refractivity contribution is 5.81. The molecule has 2 aliphatic rings. The highest BCUT2D eigenvalue weighted by atomic mass is 16.5. The summed E-state index contributed by atoms with van der Waals surface area (Å²) in [5, 5.41) is 0. The molecule has 0 spiro atoms. The fourth-order valence-corrected chi connectivity index (χ4v) is 1.55. The van der Waals surface area contributed by atoms with E-state index in [2.05, 4.69) is 0 Å². The van der Waals surface area contributed by atoms with Crippen molar-refractivity contribution < 1.29 is 9.53 Å². The van der Waals surface area contributed by atoms with Crippen molar-refractivity contribution in [1.29, 1.82) is 0 Å². The Morgan fingerprint density at radius 3 is 2.83 bits per heavy atom. The predicted molar refractivity (Wildman–Crippen MR) is 44.7 cm³/mol. The first-order valence-electron chi connectivity index (χ1n) is 4.74. The zero-order valence-electron chi connectivity index (χ0n) is 7.29. The Morgan fingerprint density at radius 2 is 2.08 bits per heavy atom. The van der Waals surface area contributed by atoms with Gasteiger partial charge in [-0.1, -0.05) is 0 Å². The summed E-state index contributed by atoms with van der Waals surface area (Å²) >= 11 is 0. The quantitative estimate of drug-likeness (QED) is 0.576. The fraction of sp³-hybridized carbons (Fsp3) is 0.889. The molecule has 1 saturated heterocycles. The van der Waals surface area contributed by atoms with E-state index in [0.29, 0.717) is 11.8 Å². The summed E-state index contributed by atoms with van der Waals surface area (Å²) in [7, 11) is 0. The third-order valence-electron chi connectivity index (χ3n) is 2.46. The average molecular weight is 169 g/mol. The van der Waals surface area contributed by atoms with E-state index in [0.717, 1.165) is 45.6 Å². The first-order valence-corrected chi connectivity index (χ1v) is 4.74. The Morgan fingerprint density at radius 1 is 1.25 bits per heavy atom. The molecule has 0 unspecified atom stereocenters. The number of ether oxygens (including phenoxy) is 1. The van der Waals surface area contributed by atoms with E-state index in [-0.39, 0.29) is 0 Å². The van der Waals surface area contributed by atoms with Crippen molar-refractivity contribution in [2.45, 2.75) is 19.3 Å². The smallest absolute Gasteiger partial charge is 0.225 e. The van der Waals surface area contributed by atoms with Gasteiger partial charge in [0.25, 0.3) is 0 Å². The van der Waals surface area contributed by atoms with Crippen molar-refractivity contribution in [2.75, 3.05) is 26.3 Å². The molecule has 0 aromatic heterocycles. The van der Waals surface area contributed by atoms with Crippen LogP contribution in [0.3, 0.4) is 0 Å². The zero-order valence-corrected chi connectivity index (χ0v) is 7.29. The lowest BCUT2D eigenvalue weighted by Gasteiger charge is -2.18. The van der Waals surface area contributed by atoms with E-state index in [9.17, 15) is 4.79 Å². The van der Waals surface area contributed by atoms with Crippen LogP contribution in [-0.4, -0.2) is 37.1 Å². The molecular formula is C9H15NO2. The number of amides is 1. The van der Waals surface area contributed by atoms with Crippen LogP contribution >= 0.6 is 0 Å². The Labute approximate surface area is 72.7 Å². The highest BCUT2D eigenvalue weighted by Gasteiger charge is 2.33. The molecule has 0 atom stereocenters. The minimum absolute atomic E-state index is 0.362. The Bertz CT molecular complexity index is 169. The topological polar surface area (TPSA) is 29.5 Å². The Kier molecular flexibility index (Phi) is 2.30. The second kappa shape index (κ2) is 3.44. The van der Waals surface area contributed by atoms with Crippen molar-refractivity contribution in [2.24, 2.45) is 5.92 Å². The van der Waals surface area contributed by atoms with Gasteiger partial charge in [-0.05, 0) is 19.3 Å². The Balaban J connectivity index is 1.87. The van der Waals surface area contributed by atoms with Crippen LogP contribution in [0.25, 0.3) is 0 Å². The van der Waals surface area contributed by atoms with Gasteiger partial charge in [-0.15, -0.1) is 0 Å². The van der Waals surface area contributed by atoms with Crippen LogP contribution in [-0.2, 0) is 9.53 Å². The summed E-state index contributed by atoms with van der Waals surface area (Å²) in [5.74, 6) is 0.726. The van der Waals surface area contributed by atoms with E-state index in [1.807, 2.05) is 4.90 Å². The number of hydrogen-bond donors (Lipinski definition) is 0. The monoisotopic (exact) mass is 169 g/mol. The number of hydrogen-bond acceptors (Lipinski definition) is 2. The van der Waals surface area contributed by atoms with Gasteiger partial charge in [0.05, 0.1) is 6.61 Å². The lowest BCUT2D eigenvalue weighted by atomic mass is 10.3. The summed E-state index contributed by atoms with van der Waals surface area (Å²) < 4.78 is 5.28. The van der Waals surface area contributed by atoms with Crippen molar-refractivity contribution in [3.63, 3.8) is 0 Å².